The summed E-state index contributed by atoms with van der Waals surface area (Å²) in [6.45, 7) is 4.54. The van der Waals surface area contributed by atoms with Crippen LogP contribution in [0.25, 0.3) is 0 Å². The molecule has 37 heavy (non-hydrogen) atoms. The number of nitrogens with one attached hydrogen (secondary N) is 2. The maximum absolute atomic E-state index is 13.4. The van der Waals surface area contributed by atoms with Gasteiger partial charge in [-0.3, -0.25) is 9.59 Å². The molecule has 0 saturated carbocycles. The second-order valence-electron chi connectivity index (χ2n) is 8.84. The number of carbonyl (C=O) groups is 3. The van der Waals surface area contributed by atoms with Crippen LogP contribution in [0.2, 0.25) is 0 Å². The van der Waals surface area contributed by atoms with Crippen LogP contribution in [0, 0.1) is 0 Å². The van der Waals surface area contributed by atoms with E-state index >= 15 is 0 Å². The first-order valence-corrected chi connectivity index (χ1v) is 12.8. The highest BCUT2D eigenvalue weighted by Gasteiger charge is 2.27. The molecule has 2 aromatic rings. The van der Waals surface area contributed by atoms with Crippen molar-refractivity contribution in [3.63, 3.8) is 0 Å². The summed E-state index contributed by atoms with van der Waals surface area (Å²) in [4.78, 5) is 40.0. The molecule has 2 aromatic carbocycles. The molecule has 1 saturated heterocycles. The molecule has 9 heteroatoms. The number of urea groups is 1. The normalized spacial score (nSPS) is 14.9. The summed E-state index contributed by atoms with van der Waals surface area (Å²) >= 11 is 0. The lowest BCUT2D eigenvalue weighted by Crippen LogP contribution is -2.55. The quantitative estimate of drug-likeness (QED) is 0.401. The van der Waals surface area contributed by atoms with Crippen LogP contribution in [0.1, 0.15) is 30.9 Å². The van der Waals surface area contributed by atoms with Crippen LogP contribution in [0.3, 0.4) is 0 Å². The number of hydrogen-bond acceptors (Lipinski definition) is 6. The van der Waals surface area contributed by atoms with E-state index in [2.05, 4.69) is 10.6 Å². The zero-order chi connectivity index (χ0) is 26.3. The molecule has 0 aromatic heterocycles. The molecule has 1 heterocycles. The summed E-state index contributed by atoms with van der Waals surface area (Å²) in [7, 11) is 0. The molecule has 0 radical (unpaired) electrons. The van der Waals surface area contributed by atoms with Crippen molar-refractivity contribution in [1.29, 1.82) is 0 Å². The van der Waals surface area contributed by atoms with Gasteiger partial charge in [0.2, 0.25) is 5.91 Å². The summed E-state index contributed by atoms with van der Waals surface area (Å²) < 4.78 is 16.3. The lowest BCUT2D eigenvalue weighted by molar-refractivity contribution is -0.143. The standard InChI is InChI=1S/C28H37N3O6/c1-2-37-26(32)14-13-24(21-36-20-23-11-7-4-8-12-23)29-27(33)25(19-22-9-5-3-6-10-22)30-28(34)31-15-17-35-18-16-31/h3-12,24-25H,2,13-21H2,1H3,(H,29,33)(H,30,34)/t24-,25-/m0/s1. The van der Waals surface area contributed by atoms with Gasteiger partial charge in [-0.1, -0.05) is 60.7 Å². The molecule has 0 spiro atoms. The molecule has 2 N–H and O–H groups in total. The molecule has 0 aliphatic carbocycles. The van der Waals surface area contributed by atoms with Crippen LogP contribution < -0.4 is 10.6 Å². The second kappa shape index (κ2) is 15.6. The molecular formula is C28H37N3O6. The number of nitrogens with zero attached hydrogens (tertiary/aromatic N) is 1. The van der Waals surface area contributed by atoms with E-state index < -0.39 is 12.1 Å². The number of hydrogen-bond donors (Lipinski definition) is 2. The average Bonchev–Trinajstić information content (AvgIpc) is 2.93. The van der Waals surface area contributed by atoms with Gasteiger partial charge in [0.1, 0.15) is 6.04 Å². The average molecular weight is 512 g/mol. The van der Waals surface area contributed by atoms with Gasteiger partial charge in [-0.25, -0.2) is 4.79 Å². The largest absolute Gasteiger partial charge is 0.466 e. The topological polar surface area (TPSA) is 106 Å². The molecule has 0 unspecified atom stereocenters. The van der Waals surface area contributed by atoms with E-state index in [-0.39, 0.29) is 30.9 Å². The first-order valence-electron chi connectivity index (χ1n) is 12.8. The summed E-state index contributed by atoms with van der Waals surface area (Å²) in [5.74, 6) is -0.658. The lowest BCUT2D eigenvalue weighted by atomic mass is 10.0. The van der Waals surface area contributed by atoms with Crippen LogP contribution in [-0.2, 0) is 36.8 Å². The van der Waals surface area contributed by atoms with E-state index in [1.807, 2.05) is 60.7 Å². The van der Waals surface area contributed by atoms with Gasteiger partial charge in [0.25, 0.3) is 0 Å². The van der Waals surface area contributed by atoms with Crippen molar-refractivity contribution >= 4 is 17.9 Å². The number of benzene rings is 2. The minimum atomic E-state index is -0.794. The predicted molar refractivity (Wildman–Crippen MR) is 139 cm³/mol. The number of rotatable bonds is 13. The Morgan fingerprint density at radius 1 is 0.946 bits per heavy atom. The Morgan fingerprint density at radius 2 is 1.59 bits per heavy atom. The number of carbonyl (C=O) groups excluding carboxylic acids is 3. The SMILES string of the molecule is CCOC(=O)CC[C@@H](COCc1ccccc1)NC(=O)[C@H](Cc1ccccc1)NC(=O)N1CCOCC1. The number of ether oxygens (including phenoxy) is 3. The molecule has 9 nitrogen and oxygen atoms in total. The van der Waals surface area contributed by atoms with E-state index in [1.165, 1.54) is 0 Å². The Labute approximate surface area is 218 Å². The van der Waals surface area contributed by atoms with Crippen LogP contribution in [0.15, 0.2) is 60.7 Å². The van der Waals surface area contributed by atoms with Gasteiger partial charge in [-0.05, 0) is 24.5 Å². The predicted octanol–water partition coefficient (Wildman–Crippen LogP) is 2.68. The summed E-state index contributed by atoms with van der Waals surface area (Å²) in [6.07, 6.45) is 0.837. The summed E-state index contributed by atoms with van der Waals surface area (Å²) in [5, 5.41) is 5.89. The Balaban J connectivity index is 1.66. The van der Waals surface area contributed by atoms with Gasteiger partial charge in [0.05, 0.1) is 39.1 Å². The zero-order valence-corrected chi connectivity index (χ0v) is 21.4. The lowest BCUT2D eigenvalue weighted by Gasteiger charge is -2.30. The highest BCUT2D eigenvalue weighted by molar-refractivity contribution is 5.87. The Morgan fingerprint density at radius 3 is 2.24 bits per heavy atom. The van der Waals surface area contributed by atoms with Crippen molar-refractivity contribution in [2.24, 2.45) is 0 Å². The minimum absolute atomic E-state index is 0.150. The number of esters is 1. The molecule has 200 valence electrons. The summed E-state index contributed by atoms with van der Waals surface area (Å²) in [6, 6.07) is 17.7. The molecule has 1 fully saturated rings. The fourth-order valence-corrected chi connectivity index (χ4v) is 3.98. The van der Waals surface area contributed by atoms with Gasteiger partial charge in [0.15, 0.2) is 0 Å². The van der Waals surface area contributed by atoms with Gasteiger partial charge in [0, 0.05) is 25.9 Å². The first-order chi connectivity index (χ1) is 18.0. The van der Waals surface area contributed by atoms with Crippen LogP contribution in [-0.4, -0.2) is 74.4 Å². The van der Waals surface area contributed by atoms with Crippen molar-refractivity contribution in [2.45, 2.75) is 44.9 Å². The Kier molecular flexibility index (Phi) is 11.9. The Bertz CT molecular complexity index is 966. The maximum atomic E-state index is 13.4. The molecule has 1 aliphatic rings. The van der Waals surface area contributed by atoms with E-state index in [0.29, 0.717) is 52.4 Å². The highest BCUT2D eigenvalue weighted by Crippen LogP contribution is 2.09. The molecule has 2 atom stereocenters. The van der Waals surface area contributed by atoms with Gasteiger partial charge in [-0.15, -0.1) is 0 Å². The molecule has 3 amide bonds. The smallest absolute Gasteiger partial charge is 0.318 e. The molecule has 1 aliphatic heterocycles. The van der Waals surface area contributed by atoms with Crippen molar-refractivity contribution in [3.8, 4) is 0 Å². The van der Waals surface area contributed by atoms with Crippen LogP contribution in [0.4, 0.5) is 4.79 Å². The van der Waals surface area contributed by atoms with Crippen molar-refractivity contribution in [1.82, 2.24) is 15.5 Å². The molecule has 3 rings (SSSR count). The fourth-order valence-electron chi connectivity index (χ4n) is 3.98. The number of morpholine rings is 1. The monoisotopic (exact) mass is 511 g/mol. The molecular weight excluding hydrogens is 474 g/mol. The number of amides is 3. The first kappa shape index (κ1) is 28.1. The third-order valence-corrected chi connectivity index (χ3v) is 5.97. The fraction of sp³-hybridized carbons (Fsp3) is 0.464. The van der Waals surface area contributed by atoms with Crippen LogP contribution in [0.5, 0.6) is 0 Å². The van der Waals surface area contributed by atoms with Crippen molar-refractivity contribution < 1.29 is 28.6 Å². The van der Waals surface area contributed by atoms with Gasteiger partial charge in [-0.2, -0.15) is 0 Å². The van der Waals surface area contributed by atoms with E-state index in [0.717, 1.165) is 11.1 Å². The third kappa shape index (κ3) is 10.2. The van der Waals surface area contributed by atoms with Crippen molar-refractivity contribution in [3.05, 3.63) is 71.8 Å². The minimum Gasteiger partial charge on any atom is -0.466 e. The Hall–Kier alpha value is -3.43. The van der Waals surface area contributed by atoms with Gasteiger partial charge >= 0.3 is 12.0 Å². The van der Waals surface area contributed by atoms with E-state index in [9.17, 15) is 14.4 Å². The highest BCUT2D eigenvalue weighted by atomic mass is 16.5. The second-order valence-corrected chi connectivity index (χ2v) is 8.84. The van der Waals surface area contributed by atoms with E-state index in [4.69, 9.17) is 14.2 Å². The van der Waals surface area contributed by atoms with Crippen LogP contribution >= 0.6 is 0 Å². The van der Waals surface area contributed by atoms with Gasteiger partial charge < -0.3 is 29.7 Å². The summed E-state index contributed by atoms with van der Waals surface area (Å²) in [5.41, 5.74) is 1.94. The molecule has 0 bridgehead atoms. The van der Waals surface area contributed by atoms with Crippen molar-refractivity contribution in [2.75, 3.05) is 39.5 Å². The zero-order valence-electron chi connectivity index (χ0n) is 21.4. The maximum Gasteiger partial charge on any atom is 0.318 e. The third-order valence-electron chi connectivity index (χ3n) is 5.97. The van der Waals surface area contributed by atoms with E-state index in [1.54, 1.807) is 11.8 Å².